The summed E-state index contributed by atoms with van der Waals surface area (Å²) < 4.78 is 4.38. The maximum absolute atomic E-state index is 10.7. The third-order valence-electron chi connectivity index (χ3n) is 1.49. The molecule has 0 aromatic carbocycles. The van der Waals surface area contributed by atoms with E-state index in [4.69, 9.17) is 0 Å². The monoisotopic (exact) mass is 175 g/mol. The summed E-state index contributed by atoms with van der Waals surface area (Å²) in [5, 5.41) is 0. The molecule has 0 aliphatic heterocycles. The fourth-order valence-electron chi connectivity index (χ4n) is 0.786. The van der Waals surface area contributed by atoms with Crippen molar-refractivity contribution in [2.75, 3.05) is 7.11 Å². The van der Waals surface area contributed by atoms with Crippen molar-refractivity contribution in [3.05, 3.63) is 29.6 Å². The predicted molar refractivity (Wildman–Crippen MR) is 47.9 cm³/mol. The number of hydrogen-bond donors (Lipinski definition) is 0. The summed E-state index contributed by atoms with van der Waals surface area (Å²) in [4.78, 5) is 14.7. The van der Waals surface area contributed by atoms with E-state index >= 15 is 0 Å². The first-order chi connectivity index (χ1) is 6.24. The lowest BCUT2D eigenvalue weighted by Gasteiger charge is -1.93. The summed E-state index contributed by atoms with van der Waals surface area (Å²) in [5.41, 5.74) is 1.55. The van der Waals surface area contributed by atoms with Crippen LogP contribution in [-0.4, -0.2) is 18.1 Å². The third-order valence-corrected chi connectivity index (χ3v) is 1.49. The Morgan fingerprint density at radius 2 is 2.38 bits per heavy atom. The molecule has 0 atom stereocenters. The molecule has 3 heteroatoms. The van der Waals surface area contributed by atoms with Crippen molar-refractivity contribution in [3.8, 4) is 11.8 Å². The van der Waals surface area contributed by atoms with Crippen molar-refractivity contribution in [1.82, 2.24) is 4.98 Å². The Labute approximate surface area is 76.8 Å². The maximum atomic E-state index is 10.7. The second-order valence-electron chi connectivity index (χ2n) is 2.38. The number of carbonyl (C=O) groups is 1. The first kappa shape index (κ1) is 9.27. The summed E-state index contributed by atoms with van der Waals surface area (Å²) >= 11 is 0. The number of hydrogen-bond acceptors (Lipinski definition) is 3. The molecule has 0 radical (unpaired) electrons. The molecule has 0 spiro atoms. The van der Waals surface area contributed by atoms with Crippen molar-refractivity contribution in [3.63, 3.8) is 0 Å². The molecule has 0 bridgehead atoms. The molecule has 66 valence electrons. The zero-order chi connectivity index (χ0) is 9.68. The zero-order valence-corrected chi connectivity index (χ0v) is 7.50. The van der Waals surface area contributed by atoms with Gasteiger partial charge in [-0.1, -0.05) is 5.92 Å². The minimum Gasteiger partial charge on any atom is -0.459 e. The Hall–Kier alpha value is -1.82. The summed E-state index contributed by atoms with van der Waals surface area (Å²) in [6, 6.07) is 3.58. The van der Waals surface area contributed by atoms with Gasteiger partial charge in [0.05, 0.1) is 12.8 Å². The van der Waals surface area contributed by atoms with Gasteiger partial charge in [-0.3, -0.25) is 4.98 Å². The van der Waals surface area contributed by atoms with Gasteiger partial charge in [0, 0.05) is 17.7 Å². The van der Waals surface area contributed by atoms with E-state index in [9.17, 15) is 4.79 Å². The van der Waals surface area contributed by atoms with Crippen LogP contribution in [0.3, 0.4) is 0 Å². The zero-order valence-electron chi connectivity index (χ0n) is 7.50. The van der Waals surface area contributed by atoms with E-state index in [0.717, 1.165) is 11.3 Å². The van der Waals surface area contributed by atoms with E-state index in [1.165, 1.54) is 7.11 Å². The van der Waals surface area contributed by atoms with Gasteiger partial charge in [-0.2, -0.15) is 0 Å². The van der Waals surface area contributed by atoms with Crippen LogP contribution in [0.25, 0.3) is 0 Å². The van der Waals surface area contributed by atoms with Crippen LogP contribution in [0, 0.1) is 18.8 Å². The van der Waals surface area contributed by atoms with Gasteiger partial charge in [0.25, 0.3) is 0 Å². The smallest absolute Gasteiger partial charge is 0.384 e. The quantitative estimate of drug-likeness (QED) is 0.434. The molecule has 0 aliphatic carbocycles. The number of aromatic nitrogens is 1. The molecule has 0 fully saturated rings. The fraction of sp³-hybridized carbons (Fsp3) is 0.200. The molecule has 1 aromatic rings. The highest BCUT2D eigenvalue weighted by Crippen LogP contribution is 2.00. The number of carbonyl (C=O) groups excluding carboxylic acids is 1. The molecule has 0 saturated heterocycles. The Morgan fingerprint density at radius 3 is 3.00 bits per heavy atom. The van der Waals surface area contributed by atoms with Crippen molar-refractivity contribution >= 4 is 5.97 Å². The minimum atomic E-state index is -0.539. The van der Waals surface area contributed by atoms with Gasteiger partial charge in [0.15, 0.2) is 0 Å². The largest absolute Gasteiger partial charge is 0.459 e. The van der Waals surface area contributed by atoms with E-state index < -0.39 is 5.97 Å². The van der Waals surface area contributed by atoms with E-state index in [0.29, 0.717) is 0 Å². The summed E-state index contributed by atoms with van der Waals surface area (Å²) in [6.07, 6.45) is 1.68. The van der Waals surface area contributed by atoms with Crippen LogP contribution in [0.2, 0.25) is 0 Å². The van der Waals surface area contributed by atoms with Gasteiger partial charge in [0.2, 0.25) is 0 Å². The number of esters is 1. The van der Waals surface area contributed by atoms with Crippen molar-refractivity contribution in [2.45, 2.75) is 6.92 Å². The Balaban J connectivity index is 2.89. The van der Waals surface area contributed by atoms with E-state index in [-0.39, 0.29) is 0 Å². The molecule has 0 amide bonds. The molecular weight excluding hydrogens is 166 g/mol. The molecule has 0 unspecified atom stereocenters. The highest BCUT2D eigenvalue weighted by Gasteiger charge is 1.94. The van der Waals surface area contributed by atoms with Gasteiger partial charge < -0.3 is 4.74 Å². The topological polar surface area (TPSA) is 39.2 Å². The van der Waals surface area contributed by atoms with Crippen LogP contribution in [0.4, 0.5) is 0 Å². The molecule has 0 aliphatic rings. The maximum Gasteiger partial charge on any atom is 0.384 e. The summed E-state index contributed by atoms with van der Waals surface area (Å²) in [6.45, 7) is 1.83. The number of nitrogens with zero attached hydrogens (tertiary/aromatic N) is 1. The first-order valence-corrected chi connectivity index (χ1v) is 3.75. The second kappa shape index (κ2) is 4.27. The average Bonchev–Trinajstić information content (AvgIpc) is 2.16. The number of methoxy groups -OCH3 is 1. The first-order valence-electron chi connectivity index (χ1n) is 3.75. The van der Waals surface area contributed by atoms with Crippen LogP contribution in [0.5, 0.6) is 0 Å². The van der Waals surface area contributed by atoms with Crippen LogP contribution in [-0.2, 0) is 9.53 Å². The molecule has 3 nitrogen and oxygen atoms in total. The van der Waals surface area contributed by atoms with Crippen LogP contribution in [0.1, 0.15) is 11.3 Å². The van der Waals surface area contributed by atoms with Gasteiger partial charge in [-0.25, -0.2) is 4.79 Å². The highest BCUT2D eigenvalue weighted by molar-refractivity contribution is 5.89. The molecule has 1 heterocycles. The number of rotatable bonds is 0. The lowest BCUT2D eigenvalue weighted by Crippen LogP contribution is -1.95. The van der Waals surface area contributed by atoms with E-state index in [2.05, 4.69) is 21.6 Å². The third kappa shape index (κ3) is 2.60. The minimum absolute atomic E-state index is 0.539. The van der Waals surface area contributed by atoms with Gasteiger partial charge in [0.1, 0.15) is 0 Å². The van der Waals surface area contributed by atoms with Crippen molar-refractivity contribution in [1.29, 1.82) is 0 Å². The Kier molecular flexibility index (Phi) is 3.04. The van der Waals surface area contributed by atoms with Crippen LogP contribution < -0.4 is 0 Å². The molecule has 1 aromatic heterocycles. The van der Waals surface area contributed by atoms with Crippen LogP contribution >= 0.6 is 0 Å². The Bertz CT molecular complexity index is 374. The summed E-state index contributed by atoms with van der Waals surface area (Å²) in [7, 11) is 1.30. The van der Waals surface area contributed by atoms with E-state index in [1.54, 1.807) is 18.3 Å². The van der Waals surface area contributed by atoms with Crippen molar-refractivity contribution < 1.29 is 9.53 Å². The van der Waals surface area contributed by atoms with Crippen LogP contribution in [0.15, 0.2) is 18.3 Å². The second-order valence-corrected chi connectivity index (χ2v) is 2.38. The average molecular weight is 175 g/mol. The standard InChI is InChI=1S/C10H9NO2/c1-8-9(4-3-7-11-8)5-6-10(12)13-2/h3-4,7H,1-2H3. The summed E-state index contributed by atoms with van der Waals surface area (Å²) in [5.74, 6) is 4.48. The van der Waals surface area contributed by atoms with Gasteiger partial charge in [-0.05, 0) is 19.1 Å². The van der Waals surface area contributed by atoms with E-state index in [1.807, 2.05) is 6.92 Å². The number of ether oxygens (including phenoxy) is 1. The Morgan fingerprint density at radius 1 is 1.62 bits per heavy atom. The number of aryl methyl sites for hydroxylation is 1. The highest BCUT2D eigenvalue weighted by atomic mass is 16.5. The fourth-order valence-corrected chi connectivity index (χ4v) is 0.786. The lowest BCUT2D eigenvalue weighted by atomic mass is 10.2. The normalized spacial score (nSPS) is 8.46. The molecule has 13 heavy (non-hydrogen) atoms. The molecule has 0 N–H and O–H groups in total. The number of pyridine rings is 1. The molecule has 0 saturated carbocycles. The van der Waals surface area contributed by atoms with Crippen molar-refractivity contribution in [2.24, 2.45) is 0 Å². The van der Waals surface area contributed by atoms with Gasteiger partial charge >= 0.3 is 5.97 Å². The molecule has 1 rings (SSSR count). The predicted octanol–water partition coefficient (Wildman–Crippen LogP) is 0.915. The lowest BCUT2D eigenvalue weighted by molar-refractivity contribution is -0.133. The SMILES string of the molecule is COC(=O)C#Cc1cccnc1C. The van der Waals surface area contributed by atoms with Gasteiger partial charge in [-0.15, -0.1) is 0 Å². The molecular formula is C10H9NO2.